The summed E-state index contributed by atoms with van der Waals surface area (Å²) < 4.78 is 10.0. The van der Waals surface area contributed by atoms with Crippen molar-refractivity contribution in [3.05, 3.63) is 0 Å². The molecule has 14 heavy (non-hydrogen) atoms. The number of rotatable bonds is 4. The fourth-order valence-corrected chi connectivity index (χ4v) is 1.48. The van der Waals surface area contributed by atoms with Crippen LogP contribution in [0.2, 0.25) is 0 Å². The maximum atomic E-state index is 11.1. The summed E-state index contributed by atoms with van der Waals surface area (Å²) in [7, 11) is 1.53. The first-order valence-corrected chi connectivity index (χ1v) is 4.64. The number of ether oxygens (including phenoxy) is 2. The quantitative estimate of drug-likeness (QED) is 0.520. The minimum Gasteiger partial charge on any atom is -0.359 e. The molecule has 2 atom stereocenters. The van der Waals surface area contributed by atoms with E-state index in [1.807, 2.05) is 0 Å². The van der Waals surface area contributed by atoms with E-state index in [4.69, 9.17) is 15.9 Å². The van der Waals surface area contributed by atoms with Crippen LogP contribution in [0.3, 0.4) is 0 Å². The van der Waals surface area contributed by atoms with Gasteiger partial charge in [0.1, 0.15) is 12.9 Å². The highest BCUT2D eigenvalue weighted by Gasteiger charge is 2.25. The molecule has 1 rings (SSSR count). The Morgan fingerprint density at radius 3 is 3.14 bits per heavy atom. The molecule has 0 bridgehead atoms. The Kier molecular flexibility index (Phi) is 4.44. The Morgan fingerprint density at radius 2 is 2.57 bits per heavy atom. The summed E-state index contributed by atoms with van der Waals surface area (Å²) in [6.07, 6.45) is 7.23. The van der Waals surface area contributed by atoms with Gasteiger partial charge in [-0.25, -0.2) is 0 Å². The summed E-state index contributed by atoms with van der Waals surface area (Å²) >= 11 is 0. The van der Waals surface area contributed by atoms with Gasteiger partial charge in [0, 0.05) is 13.5 Å². The van der Waals surface area contributed by atoms with Crippen LogP contribution in [0, 0.1) is 12.3 Å². The molecule has 0 aliphatic carbocycles. The van der Waals surface area contributed by atoms with E-state index in [2.05, 4.69) is 11.2 Å². The minimum atomic E-state index is -0.390. The molecule has 0 saturated carbocycles. The molecule has 1 amide bonds. The molecule has 1 heterocycles. The van der Waals surface area contributed by atoms with Crippen LogP contribution >= 0.6 is 0 Å². The van der Waals surface area contributed by atoms with Gasteiger partial charge in [-0.1, -0.05) is 5.92 Å². The summed E-state index contributed by atoms with van der Waals surface area (Å²) in [5.41, 5.74) is 0. The molecule has 0 radical (unpaired) electrons. The van der Waals surface area contributed by atoms with E-state index in [1.54, 1.807) is 0 Å². The monoisotopic (exact) mass is 197 g/mol. The second-order valence-electron chi connectivity index (χ2n) is 3.23. The number of carbonyl (C=O) groups excluding carboxylic acids is 1. The number of methoxy groups -OCH3 is 1. The average molecular weight is 197 g/mol. The van der Waals surface area contributed by atoms with Crippen LogP contribution in [0.4, 0.5) is 0 Å². The zero-order valence-electron chi connectivity index (χ0n) is 8.29. The number of amides is 1. The van der Waals surface area contributed by atoms with Crippen molar-refractivity contribution < 1.29 is 14.3 Å². The molecular weight excluding hydrogens is 182 g/mol. The second kappa shape index (κ2) is 5.63. The molecule has 0 aromatic heterocycles. The first-order chi connectivity index (χ1) is 6.77. The smallest absolute Gasteiger partial charge is 0.220 e. The highest BCUT2D eigenvalue weighted by molar-refractivity contribution is 5.77. The zero-order valence-corrected chi connectivity index (χ0v) is 8.29. The summed E-state index contributed by atoms with van der Waals surface area (Å²) in [6, 6.07) is -0.0728. The lowest BCUT2D eigenvalue weighted by Gasteiger charge is -2.27. The molecule has 0 spiro atoms. The van der Waals surface area contributed by atoms with Crippen molar-refractivity contribution in [1.82, 2.24) is 5.32 Å². The van der Waals surface area contributed by atoms with Crippen molar-refractivity contribution in [2.75, 3.05) is 13.9 Å². The Balaban J connectivity index is 2.43. The lowest BCUT2D eigenvalue weighted by atomic mass is 10.00. The van der Waals surface area contributed by atoms with E-state index < -0.39 is 0 Å². The molecule has 4 heteroatoms. The van der Waals surface area contributed by atoms with Crippen LogP contribution < -0.4 is 5.32 Å². The topological polar surface area (TPSA) is 47.6 Å². The number of nitrogens with one attached hydrogen (secondary N) is 1. The number of carbonyl (C=O) groups is 1. The average Bonchev–Trinajstić information content (AvgIpc) is 2.19. The number of piperidine rings is 1. The Morgan fingerprint density at radius 1 is 1.79 bits per heavy atom. The molecule has 0 aromatic carbocycles. The lowest BCUT2D eigenvalue weighted by Crippen LogP contribution is -2.46. The Labute approximate surface area is 84.0 Å². The van der Waals surface area contributed by atoms with Crippen molar-refractivity contribution in [3.8, 4) is 12.3 Å². The van der Waals surface area contributed by atoms with Gasteiger partial charge in [-0.15, -0.1) is 6.42 Å². The third kappa shape index (κ3) is 3.02. The maximum Gasteiger partial charge on any atom is 0.220 e. The maximum absolute atomic E-state index is 11.1. The molecular formula is C10H15NO3. The van der Waals surface area contributed by atoms with Gasteiger partial charge >= 0.3 is 0 Å². The van der Waals surface area contributed by atoms with Gasteiger partial charge in [0.05, 0.1) is 6.04 Å². The summed E-state index contributed by atoms with van der Waals surface area (Å²) in [6.45, 7) is 0.154. The predicted molar refractivity (Wildman–Crippen MR) is 51.4 cm³/mol. The van der Waals surface area contributed by atoms with Crippen LogP contribution in [0.5, 0.6) is 0 Å². The van der Waals surface area contributed by atoms with Gasteiger partial charge in [0.2, 0.25) is 5.91 Å². The summed E-state index contributed by atoms with van der Waals surface area (Å²) in [4.78, 5) is 11.1. The second-order valence-corrected chi connectivity index (χ2v) is 3.23. The third-order valence-electron chi connectivity index (χ3n) is 2.16. The van der Waals surface area contributed by atoms with Gasteiger partial charge in [-0.05, 0) is 12.8 Å². The molecule has 4 nitrogen and oxygen atoms in total. The van der Waals surface area contributed by atoms with E-state index in [9.17, 15) is 4.79 Å². The molecule has 1 aliphatic rings. The summed E-state index contributed by atoms with van der Waals surface area (Å²) in [5, 5.41) is 2.81. The van der Waals surface area contributed by atoms with Gasteiger partial charge < -0.3 is 14.8 Å². The predicted octanol–water partition coefficient (Wildman–Crippen LogP) is 0.277. The molecule has 78 valence electrons. The zero-order chi connectivity index (χ0) is 10.4. The molecule has 0 aromatic rings. The normalized spacial score (nSPS) is 23.7. The van der Waals surface area contributed by atoms with Crippen molar-refractivity contribution in [2.24, 2.45) is 0 Å². The first-order valence-electron chi connectivity index (χ1n) is 4.64. The van der Waals surface area contributed by atoms with Gasteiger partial charge in [-0.3, -0.25) is 4.79 Å². The number of terminal acetylenes is 1. The van der Waals surface area contributed by atoms with Crippen LogP contribution in [-0.2, 0) is 14.3 Å². The molecule has 1 saturated heterocycles. The largest absolute Gasteiger partial charge is 0.359 e. The summed E-state index contributed by atoms with van der Waals surface area (Å²) in [5.74, 6) is 2.55. The number of hydrogen-bond acceptors (Lipinski definition) is 3. The van der Waals surface area contributed by atoms with Crippen molar-refractivity contribution in [3.63, 3.8) is 0 Å². The van der Waals surface area contributed by atoms with Gasteiger partial charge in [0.25, 0.3) is 0 Å². The lowest BCUT2D eigenvalue weighted by molar-refractivity contribution is -0.126. The molecule has 1 aliphatic heterocycles. The van der Waals surface area contributed by atoms with E-state index in [1.165, 1.54) is 7.11 Å². The SMILES string of the molecule is C#C[C@H](OCOC)[C@H]1CCCC(=O)N1. The van der Waals surface area contributed by atoms with Gasteiger partial charge in [-0.2, -0.15) is 0 Å². The fourth-order valence-electron chi connectivity index (χ4n) is 1.48. The van der Waals surface area contributed by atoms with Gasteiger partial charge in [0.15, 0.2) is 0 Å². The molecule has 0 unspecified atom stereocenters. The van der Waals surface area contributed by atoms with Crippen LogP contribution in [0.15, 0.2) is 0 Å². The standard InChI is InChI=1S/C10H15NO3/c1-3-9(14-7-13-2)8-5-4-6-10(12)11-8/h1,8-9H,4-7H2,2H3,(H,11,12)/t8-,9+/m1/s1. The van der Waals surface area contributed by atoms with Crippen molar-refractivity contribution in [1.29, 1.82) is 0 Å². The van der Waals surface area contributed by atoms with Crippen LogP contribution in [0.1, 0.15) is 19.3 Å². The number of hydrogen-bond donors (Lipinski definition) is 1. The first kappa shape index (κ1) is 11.0. The van der Waals surface area contributed by atoms with E-state index in [-0.39, 0.29) is 24.8 Å². The fraction of sp³-hybridized carbons (Fsp3) is 0.700. The third-order valence-corrected chi connectivity index (χ3v) is 2.16. The van der Waals surface area contributed by atoms with E-state index in [0.717, 1.165) is 12.8 Å². The van der Waals surface area contributed by atoms with E-state index >= 15 is 0 Å². The van der Waals surface area contributed by atoms with Crippen molar-refractivity contribution >= 4 is 5.91 Å². The highest BCUT2D eigenvalue weighted by Crippen LogP contribution is 2.13. The minimum absolute atomic E-state index is 0.0440. The van der Waals surface area contributed by atoms with E-state index in [0.29, 0.717) is 6.42 Å². The molecule has 1 fully saturated rings. The Bertz CT molecular complexity index is 234. The Hall–Kier alpha value is -1.05. The highest BCUT2D eigenvalue weighted by atomic mass is 16.7. The van der Waals surface area contributed by atoms with Crippen LogP contribution in [-0.4, -0.2) is 32.0 Å². The van der Waals surface area contributed by atoms with Crippen molar-refractivity contribution in [2.45, 2.75) is 31.4 Å². The molecule has 1 N–H and O–H groups in total. The van der Waals surface area contributed by atoms with Crippen LogP contribution in [0.25, 0.3) is 0 Å².